The molecule has 0 spiro atoms. The highest BCUT2D eigenvalue weighted by Gasteiger charge is 2.30. The largest absolute Gasteiger partial charge is 0.491 e. The molecule has 0 bridgehead atoms. The monoisotopic (exact) mass is 470 g/mol. The van der Waals surface area contributed by atoms with Gasteiger partial charge in [0.05, 0.1) is 6.54 Å². The third-order valence-corrected chi connectivity index (χ3v) is 6.13. The van der Waals surface area contributed by atoms with E-state index in [1.165, 1.54) is 18.4 Å². The summed E-state index contributed by atoms with van der Waals surface area (Å²) in [5, 5.41) is 20.3. The Kier molecular flexibility index (Phi) is 8.50. The first kappa shape index (κ1) is 25.5. The molecule has 1 fully saturated rings. The molecule has 1 atom stereocenters. The molecular weight excluding hydrogens is 436 g/mol. The lowest BCUT2D eigenvalue weighted by molar-refractivity contribution is -0.763. The molecule has 0 radical (unpaired) electrons. The number of nitrogens with zero attached hydrogens (tertiary/aromatic N) is 2. The molecule has 34 heavy (non-hydrogen) atoms. The lowest BCUT2D eigenvalue weighted by Gasteiger charge is -2.37. The Labute approximate surface area is 200 Å². The number of amides is 1. The zero-order valence-electron chi connectivity index (χ0n) is 20.1. The second kappa shape index (κ2) is 11.3. The van der Waals surface area contributed by atoms with Gasteiger partial charge in [-0.1, -0.05) is 43.2 Å². The van der Waals surface area contributed by atoms with Gasteiger partial charge in [-0.3, -0.25) is 4.79 Å². The van der Waals surface area contributed by atoms with Gasteiger partial charge in [0.1, 0.15) is 25.1 Å². The highest BCUT2D eigenvalue weighted by atomic mass is 16.9. The number of rotatable bonds is 10. The van der Waals surface area contributed by atoms with E-state index in [4.69, 9.17) is 4.74 Å². The van der Waals surface area contributed by atoms with E-state index >= 15 is 0 Å². The molecule has 1 amide bonds. The highest BCUT2D eigenvalue weighted by molar-refractivity contribution is 5.94. The second-order valence-electron chi connectivity index (χ2n) is 9.76. The third kappa shape index (κ3) is 6.93. The smallest absolute Gasteiger partial charge is 0.294 e. The van der Waals surface area contributed by atoms with E-state index in [9.17, 15) is 20.0 Å². The SMILES string of the molecule is CC(C)(C)N(CC(O)COc1ccccc1C1CCCC1)C(=O)c1ccc(CO[N+](=O)[O-])cc1. The maximum Gasteiger partial charge on any atom is 0.294 e. The minimum absolute atomic E-state index is 0.0841. The van der Waals surface area contributed by atoms with Crippen LogP contribution in [0.15, 0.2) is 48.5 Å². The zero-order valence-corrected chi connectivity index (χ0v) is 20.1. The van der Waals surface area contributed by atoms with Gasteiger partial charge in [-0.15, -0.1) is 10.1 Å². The first-order valence-electron chi connectivity index (χ1n) is 11.7. The average molecular weight is 471 g/mol. The van der Waals surface area contributed by atoms with E-state index < -0.39 is 16.7 Å². The second-order valence-corrected chi connectivity index (χ2v) is 9.76. The summed E-state index contributed by atoms with van der Waals surface area (Å²) in [5.74, 6) is 1.06. The van der Waals surface area contributed by atoms with E-state index in [1.807, 2.05) is 39.0 Å². The summed E-state index contributed by atoms with van der Waals surface area (Å²) in [6, 6.07) is 14.5. The molecule has 1 N–H and O–H groups in total. The molecule has 1 unspecified atom stereocenters. The number of para-hydroxylation sites is 1. The van der Waals surface area contributed by atoms with Crippen LogP contribution in [0.25, 0.3) is 0 Å². The van der Waals surface area contributed by atoms with Crippen molar-refractivity contribution in [2.45, 2.75) is 70.6 Å². The molecule has 8 heteroatoms. The summed E-state index contributed by atoms with van der Waals surface area (Å²) in [6.45, 7) is 5.75. The fourth-order valence-corrected chi connectivity index (χ4v) is 4.32. The van der Waals surface area contributed by atoms with Gasteiger partial charge >= 0.3 is 0 Å². The van der Waals surface area contributed by atoms with Gasteiger partial charge in [0, 0.05) is 11.1 Å². The number of aliphatic hydroxyl groups is 1. The van der Waals surface area contributed by atoms with Crippen LogP contribution in [0.3, 0.4) is 0 Å². The fraction of sp³-hybridized carbons (Fsp3) is 0.500. The molecule has 0 aromatic heterocycles. The Balaban J connectivity index is 1.64. The molecule has 1 saturated carbocycles. The maximum absolute atomic E-state index is 13.2. The minimum Gasteiger partial charge on any atom is -0.491 e. The van der Waals surface area contributed by atoms with Crippen molar-refractivity contribution in [1.29, 1.82) is 0 Å². The Bertz CT molecular complexity index is 964. The Hall–Kier alpha value is -3.13. The van der Waals surface area contributed by atoms with E-state index in [-0.39, 0.29) is 25.7 Å². The number of aliphatic hydroxyl groups excluding tert-OH is 1. The molecule has 0 aliphatic heterocycles. The average Bonchev–Trinajstić information content (AvgIpc) is 3.34. The quantitative estimate of drug-likeness (QED) is 0.398. The number of ether oxygens (including phenoxy) is 1. The van der Waals surface area contributed by atoms with Crippen molar-refractivity contribution in [3.63, 3.8) is 0 Å². The Morgan fingerprint density at radius 1 is 1.15 bits per heavy atom. The first-order valence-corrected chi connectivity index (χ1v) is 11.7. The van der Waals surface area contributed by atoms with Crippen molar-refractivity contribution in [3.8, 4) is 5.75 Å². The summed E-state index contributed by atoms with van der Waals surface area (Å²) in [5.41, 5.74) is 1.68. The van der Waals surface area contributed by atoms with Crippen molar-refractivity contribution < 1.29 is 24.6 Å². The molecule has 2 aromatic carbocycles. The topological polar surface area (TPSA) is 102 Å². The molecule has 3 rings (SSSR count). The van der Waals surface area contributed by atoms with E-state index in [0.717, 1.165) is 18.6 Å². The number of hydrogen-bond acceptors (Lipinski definition) is 6. The number of carbonyl (C=O) groups is 1. The molecule has 1 aliphatic carbocycles. The van der Waals surface area contributed by atoms with Crippen molar-refractivity contribution >= 4 is 5.91 Å². The molecule has 0 saturated heterocycles. The van der Waals surface area contributed by atoms with Gasteiger partial charge in [-0.25, -0.2) is 0 Å². The maximum atomic E-state index is 13.2. The van der Waals surface area contributed by atoms with Crippen molar-refractivity contribution in [2.75, 3.05) is 13.2 Å². The van der Waals surface area contributed by atoms with Gasteiger partial charge < -0.3 is 19.6 Å². The zero-order chi connectivity index (χ0) is 24.7. The van der Waals surface area contributed by atoms with Gasteiger partial charge in [0.25, 0.3) is 11.0 Å². The molecule has 184 valence electrons. The van der Waals surface area contributed by atoms with E-state index in [1.54, 1.807) is 29.2 Å². The molecule has 1 aliphatic rings. The highest BCUT2D eigenvalue weighted by Crippen LogP contribution is 2.38. The third-order valence-electron chi connectivity index (χ3n) is 6.13. The molecular formula is C26H34N2O6. The lowest BCUT2D eigenvalue weighted by atomic mass is 9.97. The molecule has 0 heterocycles. The van der Waals surface area contributed by atoms with E-state index in [0.29, 0.717) is 17.0 Å². The normalized spacial score (nSPS) is 15.1. The first-order chi connectivity index (χ1) is 16.1. The molecule has 2 aromatic rings. The minimum atomic E-state index is -0.868. The molecule has 8 nitrogen and oxygen atoms in total. The van der Waals surface area contributed by atoms with Gasteiger partial charge in [-0.2, -0.15) is 0 Å². The fourth-order valence-electron chi connectivity index (χ4n) is 4.32. The van der Waals surface area contributed by atoms with Crippen molar-refractivity contribution in [1.82, 2.24) is 4.90 Å². The van der Waals surface area contributed by atoms with Crippen LogP contribution in [0.4, 0.5) is 0 Å². The van der Waals surface area contributed by atoms with Crippen LogP contribution in [0, 0.1) is 10.1 Å². The van der Waals surface area contributed by atoms with Crippen LogP contribution in [-0.2, 0) is 11.4 Å². The number of hydrogen-bond donors (Lipinski definition) is 1. The summed E-state index contributed by atoms with van der Waals surface area (Å²) >= 11 is 0. The van der Waals surface area contributed by atoms with Gasteiger partial charge in [0.15, 0.2) is 0 Å². The Morgan fingerprint density at radius 3 is 2.41 bits per heavy atom. The summed E-state index contributed by atoms with van der Waals surface area (Å²) < 4.78 is 6.02. The van der Waals surface area contributed by atoms with Crippen LogP contribution in [0.5, 0.6) is 5.75 Å². The Morgan fingerprint density at radius 2 is 1.79 bits per heavy atom. The van der Waals surface area contributed by atoms with Crippen LogP contribution in [-0.4, -0.2) is 45.8 Å². The number of benzene rings is 2. The van der Waals surface area contributed by atoms with Crippen LogP contribution >= 0.6 is 0 Å². The van der Waals surface area contributed by atoms with Crippen LogP contribution < -0.4 is 4.74 Å². The van der Waals surface area contributed by atoms with E-state index in [2.05, 4.69) is 10.9 Å². The van der Waals surface area contributed by atoms with Gasteiger partial charge in [-0.05, 0) is 68.9 Å². The van der Waals surface area contributed by atoms with Crippen molar-refractivity contribution in [2.24, 2.45) is 0 Å². The number of β-amino-alcohol motifs (C(OH)–C–C–N with tert-alkyl or cyclic N) is 1. The predicted molar refractivity (Wildman–Crippen MR) is 128 cm³/mol. The lowest BCUT2D eigenvalue weighted by Crippen LogP contribution is -2.50. The summed E-state index contributed by atoms with van der Waals surface area (Å²) in [7, 11) is 0. The van der Waals surface area contributed by atoms with Gasteiger partial charge in [0.2, 0.25) is 0 Å². The summed E-state index contributed by atoms with van der Waals surface area (Å²) in [4.78, 5) is 29.6. The number of carbonyl (C=O) groups excluding carboxylic acids is 1. The van der Waals surface area contributed by atoms with Crippen LogP contribution in [0.2, 0.25) is 0 Å². The predicted octanol–water partition coefficient (Wildman–Crippen LogP) is 4.73. The standard InChI is InChI=1S/C26H34N2O6/c1-26(2,3)27(25(30)21-14-12-19(13-15-21)17-34-28(31)32)16-22(29)18-33-24-11-7-6-10-23(24)20-8-4-5-9-20/h6-7,10-15,20,22,29H,4-5,8-9,16-18H2,1-3H3. The van der Waals surface area contributed by atoms with Crippen LogP contribution in [0.1, 0.15) is 73.9 Å². The summed E-state index contributed by atoms with van der Waals surface area (Å²) in [6.07, 6.45) is 3.91. The van der Waals surface area contributed by atoms with Crippen molar-refractivity contribution in [3.05, 3.63) is 75.3 Å².